The second kappa shape index (κ2) is 7.42. The van der Waals surface area contributed by atoms with Crippen LogP contribution in [0.5, 0.6) is 0 Å². The number of hydrogen-bond acceptors (Lipinski definition) is 1. The van der Waals surface area contributed by atoms with Gasteiger partial charge in [0.2, 0.25) is 0 Å². The second-order valence-corrected chi connectivity index (χ2v) is 6.46. The predicted molar refractivity (Wildman–Crippen MR) is 91.6 cm³/mol. The van der Waals surface area contributed by atoms with Gasteiger partial charge in [-0.1, -0.05) is 68.4 Å². The molecule has 1 nitrogen and oxygen atoms in total. The van der Waals surface area contributed by atoms with Gasteiger partial charge in [0, 0.05) is 0 Å². The quantitative estimate of drug-likeness (QED) is 0.795. The van der Waals surface area contributed by atoms with Crippen molar-refractivity contribution < 1.29 is 0 Å². The molecule has 1 heteroatoms. The predicted octanol–water partition coefficient (Wildman–Crippen LogP) is 4.49. The van der Waals surface area contributed by atoms with Gasteiger partial charge in [0.25, 0.3) is 0 Å². The van der Waals surface area contributed by atoms with Crippen molar-refractivity contribution in [2.24, 2.45) is 5.73 Å². The van der Waals surface area contributed by atoms with E-state index in [1.54, 1.807) is 0 Å². The van der Waals surface area contributed by atoms with Gasteiger partial charge in [-0.2, -0.15) is 0 Å². The lowest BCUT2D eigenvalue weighted by Gasteiger charge is -2.25. The van der Waals surface area contributed by atoms with Crippen molar-refractivity contribution in [2.45, 2.75) is 44.9 Å². The van der Waals surface area contributed by atoms with Gasteiger partial charge in [0.05, 0.1) is 0 Å². The van der Waals surface area contributed by atoms with E-state index in [1.807, 2.05) is 0 Å². The summed E-state index contributed by atoms with van der Waals surface area (Å²) in [6.45, 7) is 5.44. The first-order valence-corrected chi connectivity index (χ1v) is 7.95. The van der Waals surface area contributed by atoms with Crippen LogP contribution in [0.25, 0.3) is 0 Å². The van der Waals surface area contributed by atoms with Crippen molar-refractivity contribution in [3.8, 4) is 0 Å². The van der Waals surface area contributed by atoms with E-state index in [-0.39, 0.29) is 5.41 Å². The molecule has 0 aliphatic rings. The summed E-state index contributed by atoms with van der Waals surface area (Å²) in [6.07, 6.45) is 4.45. The third-order valence-electron chi connectivity index (χ3n) is 4.25. The minimum atomic E-state index is 0.217. The molecule has 0 bridgehead atoms. The van der Waals surface area contributed by atoms with Crippen LogP contribution in [0.3, 0.4) is 0 Å². The summed E-state index contributed by atoms with van der Waals surface area (Å²) in [5.41, 5.74) is 10.1. The van der Waals surface area contributed by atoms with Crippen LogP contribution in [0.1, 0.15) is 43.4 Å². The Hall–Kier alpha value is -1.60. The molecule has 21 heavy (non-hydrogen) atoms. The maximum absolute atomic E-state index is 5.59. The Bertz CT molecular complexity index is 543. The first kappa shape index (κ1) is 15.8. The van der Waals surface area contributed by atoms with Crippen molar-refractivity contribution in [2.75, 3.05) is 6.54 Å². The lowest BCUT2D eigenvalue weighted by Crippen LogP contribution is -2.18. The molecule has 2 N–H and O–H groups in total. The molecule has 0 radical (unpaired) electrons. The van der Waals surface area contributed by atoms with Gasteiger partial charge >= 0.3 is 0 Å². The van der Waals surface area contributed by atoms with Crippen LogP contribution in [-0.2, 0) is 18.3 Å². The van der Waals surface area contributed by atoms with Gasteiger partial charge in [-0.05, 0) is 54.3 Å². The van der Waals surface area contributed by atoms with E-state index in [1.165, 1.54) is 16.7 Å². The van der Waals surface area contributed by atoms with E-state index >= 15 is 0 Å². The van der Waals surface area contributed by atoms with E-state index in [4.69, 9.17) is 5.73 Å². The van der Waals surface area contributed by atoms with Crippen molar-refractivity contribution in [3.05, 3.63) is 71.3 Å². The standard InChI is InChI=1S/C20H27N/c1-20(2,19-11-4-3-5-12-19)14-13-18-9-6-8-17(16-18)10-7-15-21/h3-6,8-9,11-12,16H,7,10,13-15,21H2,1-2H3. The zero-order chi connectivity index (χ0) is 15.1. The molecule has 0 atom stereocenters. The molecule has 0 unspecified atom stereocenters. The fourth-order valence-corrected chi connectivity index (χ4v) is 2.74. The van der Waals surface area contributed by atoms with Crippen molar-refractivity contribution in [1.29, 1.82) is 0 Å². The molecule has 0 aliphatic carbocycles. The van der Waals surface area contributed by atoms with Crippen LogP contribution < -0.4 is 5.73 Å². The Labute approximate surface area is 129 Å². The van der Waals surface area contributed by atoms with Gasteiger partial charge in [-0.15, -0.1) is 0 Å². The molecule has 0 heterocycles. The normalized spacial score (nSPS) is 11.6. The summed E-state index contributed by atoms with van der Waals surface area (Å²) in [5, 5.41) is 0. The molecule has 0 aliphatic heterocycles. The molecule has 2 aromatic carbocycles. The van der Waals surface area contributed by atoms with E-state index in [0.717, 1.165) is 32.2 Å². The van der Waals surface area contributed by atoms with Gasteiger partial charge in [0.1, 0.15) is 0 Å². The SMILES string of the molecule is CC(C)(CCc1cccc(CCCN)c1)c1ccccc1. The van der Waals surface area contributed by atoms with Gasteiger partial charge in [-0.3, -0.25) is 0 Å². The molecular formula is C20H27N. The lowest BCUT2D eigenvalue weighted by molar-refractivity contribution is 0.480. The highest BCUT2D eigenvalue weighted by atomic mass is 14.5. The highest BCUT2D eigenvalue weighted by Gasteiger charge is 2.19. The van der Waals surface area contributed by atoms with E-state index in [2.05, 4.69) is 68.4 Å². The average molecular weight is 281 g/mol. The van der Waals surface area contributed by atoms with Crippen LogP contribution in [0.4, 0.5) is 0 Å². The average Bonchev–Trinajstić information content (AvgIpc) is 2.52. The minimum Gasteiger partial charge on any atom is -0.330 e. The Morgan fingerprint density at radius 1 is 0.857 bits per heavy atom. The fraction of sp³-hybridized carbons (Fsp3) is 0.400. The maximum atomic E-state index is 5.59. The highest BCUT2D eigenvalue weighted by Crippen LogP contribution is 2.28. The smallest absolute Gasteiger partial charge is 0.00741 e. The monoisotopic (exact) mass is 281 g/mol. The summed E-state index contributed by atoms with van der Waals surface area (Å²) < 4.78 is 0. The molecule has 2 aromatic rings. The molecular weight excluding hydrogens is 254 g/mol. The number of nitrogens with two attached hydrogens (primary N) is 1. The molecule has 0 saturated heterocycles. The molecule has 0 aromatic heterocycles. The zero-order valence-electron chi connectivity index (χ0n) is 13.3. The van der Waals surface area contributed by atoms with Crippen molar-refractivity contribution >= 4 is 0 Å². The van der Waals surface area contributed by atoms with Gasteiger partial charge < -0.3 is 5.73 Å². The summed E-state index contributed by atoms with van der Waals surface area (Å²) in [6, 6.07) is 19.8. The third-order valence-corrected chi connectivity index (χ3v) is 4.25. The molecule has 112 valence electrons. The molecule has 0 amide bonds. The Kier molecular flexibility index (Phi) is 5.58. The first-order chi connectivity index (χ1) is 10.1. The topological polar surface area (TPSA) is 26.0 Å². The summed E-state index contributed by atoms with van der Waals surface area (Å²) in [5.74, 6) is 0. The molecule has 0 saturated carbocycles. The zero-order valence-corrected chi connectivity index (χ0v) is 13.3. The largest absolute Gasteiger partial charge is 0.330 e. The number of rotatable bonds is 7. The van der Waals surface area contributed by atoms with Gasteiger partial charge in [0.15, 0.2) is 0 Å². The van der Waals surface area contributed by atoms with E-state index < -0.39 is 0 Å². The Balaban J connectivity index is 1.99. The maximum Gasteiger partial charge on any atom is -0.00741 e. The molecule has 0 fully saturated rings. The third kappa shape index (κ3) is 4.71. The van der Waals surface area contributed by atoms with Crippen LogP contribution >= 0.6 is 0 Å². The van der Waals surface area contributed by atoms with Gasteiger partial charge in [-0.25, -0.2) is 0 Å². The van der Waals surface area contributed by atoms with Crippen molar-refractivity contribution in [1.82, 2.24) is 0 Å². The summed E-state index contributed by atoms with van der Waals surface area (Å²) in [4.78, 5) is 0. The van der Waals surface area contributed by atoms with E-state index in [0.29, 0.717) is 0 Å². The molecule has 0 spiro atoms. The first-order valence-electron chi connectivity index (χ1n) is 7.95. The molecule has 2 rings (SSSR count). The van der Waals surface area contributed by atoms with Crippen LogP contribution in [0.15, 0.2) is 54.6 Å². The summed E-state index contributed by atoms with van der Waals surface area (Å²) in [7, 11) is 0. The van der Waals surface area contributed by atoms with Crippen LogP contribution in [-0.4, -0.2) is 6.54 Å². The van der Waals surface area contributed by atoms with Crippen molar-refractivity contribution in [3.63, 3.8) is 0 Å². The Morgan fingerprint density at radius 3 is 2.19 bits per heavy atom. The van der Waals surface area contributed by atoms with Crippen LogP contribution in [0.2, 0.25) is 0 Å². The Morgan fingerprint density at radius 2 is 1.52 bits per heavy atom. The highest BCUT2D eigenvalue weighted by molar-refractivity contribution is 5.26. The van der Waals surface area contributed by atoms with Crippen LogP contribution in [0, 0.1) is 0 Å². The number of hydrogen-bond donors (Lipinski definition) is 1. The summed E-state index contributed by atoms with van der Waals surface area (Å²) >= 11 is 0. The lowest BCUT2D eigenvalue weighted by atomic mass is 9.79. The fourth-order valence-electron chi connectivity index (χ4n) is 2.74. The second-order valence-electron chi connectivity index (χ2n) is 6.46. The number of aryl methyl sites for hydroxylation is 2. The van der Waals surface area contributed by atoms with E-state index in [9.17, 15) is 0 Å². The minimum absolute atomic E-state index is 0.217. The number of benzene rings is 2.